The summed E-state index contributed by atoms with van der Waals surface area (Å²) in [5.74, 6) is -0.483. The van der Waals surface area contributed by atoms with Gasteiger partial charge in [-0.05, 0) is 24.5 Å². The summed E-state index contributed by atoms with van der Waals surface area (Å²) in [5, 5.41) is 4.00. The van der Waals surface area contributed by atoms with Crippen molar-refractivity contribution in [2.75, 3.05) is 6.54 Å². The van der Waals surface area contributed by atoms with Crippen molar-refractivity contribution in [3.63, 3.8) is 0 Å². The van der Waals surface area contributed by atoms with Gasteiger partial charge in [-0.2, -0.15) is 0 Å². The van der Waals surface area contributed by atoms with Gasteiger partial charge in [0.25, 0.3) is 0 Å². The van der Waals surface area contributed by atoms with Crippen LogP contribution >= 0.6 is 12.2 Å². The number of rotatable bonds is 6. The van der Waals surface area contributed by atoms with Crippen molar-refractivity contribution in [3.05, 3.63) is 42.1 Å². The molecule has 0 bridgehead atoms. The lowest BCUT2D eigenvalue weighted by Crippen LogP contribution is -2.38. The number of para-hydroxylation sites is 1. The molecule has 1 aromatic carbocycles. The zero-order valence-corrected chi connectivity index (χ0v) is 12.8. The molecule has 21 heavy (non-hydrogen) atoms. The van der Waals surface area contributed by atoms with Gasteiger partial charge in [-0.3, -0.25) is 9.78 Å². The molecule has 1 atom stereocenters. The summed E-state index contributed by atoms with van der Waals surface area (Å²) < 4.78 is 0. The quantitative estimate of drug-likeness (QED) is 0.803. The SMILES string of the molecule is CCC(C(=O)NCCc1cccc2cccnc12)C(N)=S. The predicted octanol–water partition coefficient (Wildman–Crippen LogP) is 2.21. The summed E-state index contributed by atoms with van der Waals surface area (Å²) in [5.41, 5.74) is 7.67. The van der Waals surface area contributed by atoms with Gasteiger partial charge in [0, 0.05) is 18.1 Å². The van der Waals surface area contributed by atoms with E-state index in [0.717, 1.165) is 22.9 Å². The van der Waals surface area contributed by atoms with E-state index in [2.05, 4.69) is 10.3 Å². The van der Waals surface area contributed by atoms with Crippen molar-refractivity contribution >= 4 is 34.0 Å². The van der Waals surface area contributed by atoms with Crippen LogP contribution in [0.5, 0.6) is 0 Å². The molecule has 1 amide bonds. The Bertz CT molecular complexity index is 652. The summed E-state index contributed by atoms with van der Waals surface area (Å²) in [6.07, 6.45) is 3.13. The van der Waals surface area contributed by atoms with E-state index >= 15 is 0 Å². The van der Waals surface area contributed by atoms with Gasteiger partial charge in [0.15, 0.2) is 0 Å². The highest BCUT2D eigenvalue weighted by molar-refractivity contribution is 7.80. The molecule has 0 aliphatic rings. The second-order valence-corrected chi connectivity index (χ2v) is 5.37. The van der Waals surface area contributed by atoms with Gasteiger partial charge in [-0.15, -0.1) is 0 Å². The number of amides is 1. The maximum absolute atomic E-state index is 12.0. The number of carbonyl (C=O) groups is 1. The third-order valence-electron chi connectivity index (χ3n) is 3.48. The Morgan fingerprint density at radius 1 is 1.38 bits per heavy atom. The van der Waals surface area contributed by atoms with Gasteiger partial charge in [0.1, 0.15) is 0 Å². The summed E-state index contributed by atoms with van der Waals surface area (Å²) in [4.78, 5) is 16.6. The zero-order chi connectivity index (χ0) is 15.2. The van der Waals surface area contributed by atoms with E-state index in [0.29, 0.717) is 13.0 Å². The van der Waals surface area contributed by atoms with Crippen LogP contribution in [0.4, 0.5) is 0 Å². The van der Waals surface area contributed by atoms with Crippen LogP contribution in [0.1, 0.15) is 18.9 Å². The van der Waals surface area contributed by atoms with Crippen LogP contribution < -0.4 is 11.1 Å². The fourth-order valence-corrected chi connectivity index (χ4v) is 2.60. The smallest absolute Gasteiger partial charge is 0.229 e. The van der Waals surface area contributed by atoms with E-state index in [1.165, 1.54) is 0 Å². The molecule has 0 fully saturated rings. The van der Waals surface area contributed by atoms with E-state index in [4.69, 9.17) is 18.0 Å². The lowest BCUT2D eigenvalue weighted by molar-refractivity contribution is -0.123. The number of pyridine rings is 1. The largest absolute Gasteiger partial charge is 0.393 e. The molecule has 0 radical (unpaired) electrons. The molecule has 0 aliphatic heterocycles. The van der Waals surface area contributed by atoms with Gasteiger partial charge in [-0.25, -0.2) is 0 Å². The molecule has 0 saturated heterocycles. The molecule has 1 aromatic heterocycles. The van der Waals surface area contributed by atoms with Crippen LogP contribution in [0.25, 0.3) is 10.9 Å². The highest BCUT2D eigenvalue weighted by atomic mass is 32.1. The molecule has 1 unspecified atom stereocenters. The topological polar surface area (TPSA) is 68.0 Å². The van der Waals surface area contributed by atoms with Crippen LogP contribution in [-0.2, 0) is 11.2 Å². The van der Waals surface area contributed by atoms with Gasteiger partial charge in [-0.1, -0.05) is 43.4 Å². The number of carbonyl (C=O) groups excluding carboxylic acids is 1. The van der Waals surface area contributed by atoms with Crippen LogP contribution in [-0.4, -0.2) is 22.4 Å². The average molecular weight is 301 g/mol. The number of benzene rings is 1. The standard InChI is InChI=1S/C16H19N3OS/c1-2-13(15(17)21)16(20)19-10-8-12-6-3-5-11-7-4-9-18-14(11)12/h3-7,9,13H,2,8,10H2,1H3,(H2,17,21)(H,19,20). The number of fused-ring (bicyclic) bond motifs is 1. The first-order valence-electron chi connectivity index (χ1n) is 7.03. The number of thiocarbonyl (C=S) groups is 1. The maximum Gasteiger partial charge on any atom is 0.229 e. The maximum atomic E-state index is 12.0. The molecule has 4 nitrogen and oxygen atoms in total. The Morgan fingerprint density at radius 3 is 2.86 bits per heavy atom. The van der Waals surface area contributed by atoms with Gasteiger partial charge < -0.3 is 11.1 Å². The van der Waals surface area contributed by atoms with Crippen LogP contribution in [0.2, 0.25) is 0 Å². The Morgan fingerprint density at radius 2 is 2.14 bits per heavy atom. The van der Waals surface area contributed by atoms with Gasteiger partial charge in [0.2, 0.25) is 5.91 Å². The Balaban J connectivity index is 2.00. The van der Waals surface area contributed by atoms with Crippen molar-refractivity contribution in [2.45, 2.75) is 19.8 Å². The second kappa shape index (κ2) is 7.13. The molecular weight excluding hydrogens is 282 g/mol. The number of nitrogens with zero attached hydrogens (tertiary/aromatic N) is 1. The predicted molar refractivity (Wildman–Crippen MR) is 89.0 cm³/mol. The molecule has 0 aliphatic carbocycles. The fourth-order valence-electron chi connectivity index (χ4n) is 2.33. The lowest BCUT2D eigenvalue weighted by atomic mass is 10.0. The third kappa shape index (κ3) is 3.76. The number of aromatic nitrogens is 1. The Kier molecular flexibility index (Phi) is 5.22. The highest BCUT2D eigenvalue weighted by Gasteiger charge is 2.18. The monoisotopic (exact) mass is 301 g/mol. The number of nitrogens with two attached hydrogens (primary N) is 1. The fraction of sp³-hybridized carbons (Fsp3) is 0.312. The van der Waals surface area contributed by atoms with Crippen LogP contribution in [0, 0.1) is 5.92 Å². The van der Waals surface area contributed by atoms with E-state index < -0.39 is 0 Å². The first-order valence-corrected chi connectivity index (χ1v) is 7.44. The van der Waals surface area contributed by atoms with E-state index in [1.807, 2.05) is 37.3 Å². The molecule has 5 heteroatoms. The summed E-state index contributed by atoms with van der Waals surface area (Å²) in [7, 11) is 0. The van der Waals surface area contributed by atoms with Gasteiger partial charge >= 0.3 is 0 Å². The van der Waals surface area contributed by atoms with Crippen LogP contribution in [0.15, 0.2) is 36.5 Å². The minimum atomic E-state index is -0.384. The van der Waals surface area contributed by atoms with Crippen LogP contribution in [0.3, 0.4) is 0 Å². The first kappa shape index (κ1) is 15.4. The molecule has 1 heterocycles. The lowest BCUT2D eigenvalue weighted by Gasteiger charge is -2.13. The molecular formula is C16H19N3OS. The van der Waals surface area contributed by atoms with Crippen molar-refractivity contribution in [1.82, 2.24) is 10.3 Å². The molecule has 2 rings (SSSR count). The number of hydrogen-bond acceptors (Lipinski definition) is 3. The van der Waals surface area contributed by atoms with Crippen molar-refractivity contribution in [3.8, 4) is 0 Å². The van der Waals surface area contributed by atoms with E-state index in [1.54, 1.807) is 6.20 Å². The van der Waals surface area contributed by atoms with Crippen molar-refractivity contribution in [1.29, 1.82) is 0 Å². The van der Waals surface area contributed by atoms with E-state index in [-0.39, 0.29) is 16.8 Å². The van der Waals surface area contributed by atoms with E-state index in [9.17, 15) is 4.79 Å². The Labute approximate surface area is 129 Å². The average Bonchev–Trinajstić information content (AvgIpc) is 2.48. The van der Waals surface area contributed by atoms with Gasteiger partial charge in [0.05, 0.1) is 16.4 Å². The highest BCUT2D eigenvalue weighted by Crippen LogP contribution is 2.16. The molecule has 3 N–H and O–H groups in total. The molecule has 110 valence electrons. The number of hydrogen-bond donors (Lipinski definition) is 2. The molecule has 0 saturated carbocycles. The normalized spacial score (nSPS) is 12.0. The summed E-state index contributed by atoms with van der Waals surface area (Å²) >= 11 is 4.91. The zero-order valence-electron chi connectivity index (χ0n) is 12.0. The van der Waals surface area contributed by atoms with Crippen molar-refractivity contribution < 1.29 is 4.79 Å². The first-order chi connectivity index (χ1) is 10.1. The minimum Gasteiger partial charge on any atom is -0.393 e. The molecule has 2 aromatic rings. The number of nitrogens with one attached hydrogen (secondary N) is 1. The summed E-state index contributed by atoms with van der Waals surface area (Å²) in [6.45, 7) is 2.45. The van der Waals surface area contributed by atoms with Crippen molar-refractivity contribution in [2.24, 2.45) is 11.7 Å². The summed E-state index contributed by atoms with van der Waals surface area (Å²) in [6, 6.07) is 10.0. The third-order valence-corrected chi connectivity index (χ3v) is 3.76. The second-order valence-electron chi connectivity index (χ2n) is 4.90. The minimum absolute atomic E-state index is 0.0989. The Hall–Kier alpha value is -2.01. The molecule has 0 spiro atoms.